The van der Waals surface area contributed by atoms with Gasteiger partial charge >= 0.3 is 0 Å². The number of sulfone groups is 1. The summed E-state index contributed by atoms with van der Waals surface area (Å²) in [5.74, 6) is 0.185. The summed E-state index contributed by atoms with van der Waals surface area (Å²) in [5, 5.41) is 0. The van der Waals surface area contributed by atoms with Gasteiger partial charge in [-0.05, 0) is 33.3 Å². The van der Waals surface area contributed by atoms with Crippen LogP contribution >= 0.6 is 0 Å². The molecule has 1 aromatic rings. The first-order valence-electron chi connectivity index (χ1n) is 6.91. The molecular formula is C14H22N2O3S. The van der Waals surface area contributed by atoms with Gasteiger partial charge in [-0.3, -0.25) is 4.79 Å². The van der Waals surface area contributed by atoms with E-state index >= 15 is 0 Å². The first kappa shape index (κ1) is 15.1. The minimum absolute atomic E-state index is 0.0834. The molecule has 5 nitrogen and oxygen atoms in total. The van der Waals surface area contributed by atoms with E-state index in [0.717, 1.165) is 17.9 Å². The standard InChI is InChI=1S/C14H22N2O3S/c1-5-16-10(2)8-13(11(16)3)14(17)15(4)12-6-7-20(18,19)9-12/h8,12H,5-7,9H2,1-4H3/t12-/m0/s1. The normalized spacial score (nSPS) is 21.1. The van der Waals surface area contributed by atoms with Crippen molar-refractivity contribution >= 4 is 15.7 Å². The van der Waals surface area contributed by atoms with E-state index in [9.17, 15) is 13.2 Å². The predicted molar refractivity (Wildman–Crippen MR) is 78.7 cm³/mol. The average Bonchev–Trinajstić information content (AvgIpc) is 2.88. The number of nitrogens with zero attached hydrogens (tertiary/aromatic N) is 2. The quantitative estimate of drug-likeness (QED) is 0.847. The Bertz CT molecular complexity index is 631. The Labute approximate surface area is 120 Å². The number of aromatic nitrogens is 1. The molecule has 1 atom stereocenters. The number of hydrogen-bond acceptors (Lipinski definition) is 3. The Hall–Kier alpha value is -1.30. The van der Waals surface area contributed by atoms with Crippen molar-refractivity contribution in [1.82, 2.24) is 9.47 Å². The van der Waals surface area contributed by atoms with Crippen LogP contribution in [0, 0.1) is 13.8 Å². The van der Waals surface area contributed by atoms with E-state index in [0.29, 0.717) is 12.0 Å². The molecule has 1 aromatic heterocycles. The van der Waals surface area contributed by atoms with Gasteiger partial charge in [0.1, 0.15) is 0 Å². The summed E-state index contributed by atoms with van der Waals surface area (Å²) in [6, 6.07) is 1.69. The van der Waals surface area contributed by atoms with Crippen molar-refractivity contribution in [3.63, 3.8) is 0 Å². The van der Waals surface area contributed by atoms with Crippen molar-refractivity contribution in [2.24, 2.45) is 0 Å². The number of amides is 1. The van der Waals surface area contributed by atoms with E-state index in [-0.39, 0.29) is 23.5 Å². The van der Waals surface area contributed by atoms with E-state index in [4.69, 9.17) is 0 Å². The van der Waals surface area contributed by atoms with E-state index < -0.39 is 9.84 Å². The lowest BCUT2D eigenvalue weighted by Crippen LogP contribution is -2.38. The Morgan fingerprint density at radius 1 is 1.45 bits per heavy atom. The van der Waals surface area contributed by atoms with Crippen molar-refractivity contribution in [2.75, 3.05) is 18.6 Å². The van der Waals surface area contributed by atoms with Crippen LogP contribution in [0.5, 0.6) is 0 Å². The van der Waals surface area contributed by atoms with Crippen molar-refractivity contribution < 1.29 is 13.2 Å². The van der Waals surface area contributed by atoms with Crippen LogP contribution < -0.4 is 0 Å². The molecule has 1 saturated heterocycles. The first-order valence-corrected chi connectivity index (χ1v) is 8.73. The van der Waals surface area contributed by atoms with E-state index in [2.05, 4.69) is 4.57 Å². The molecule has 0 bridgehead atoms. The second-order valence-electron chi connectivity index (χ2n) is 5.50. The monoisotopic (exact) mass is 298 g/mol. The number of hydrogen-bond donors (Lipinski definition) is 0. The summed E-state index contributed by atoms with van der Waals surface area (Å²) in [6.07, 6.45) is 0.539. The van der Waals surface area contributed by atoms with Crippen molar-refractivity contribution in [1.29, 1.82) is 0 Å². The molecule has 2 rings (SSSR count). The van der Waals surface area contributed by atoms with Gasteiger partial charge in [-0.2, -0.15) is 0 Å². The van der Waals surface area contributed by atoms with Gasteiger partial charge in [0.05, 0.1) is 17.1 Å². The van der Waals surface area contributed by atoms with Gasteiger partial charge in [0.2, 0.25) is 0 Å². The molecule has 1 fully saturated rings. The molecule has 1 amide bonds. The predicted octanol–water partition coefficient (Wildman–Crippen LogP) is 1.38. The molecule has 0 N–H and O–H groups in total. The van der Waals surface area contributed by atoms with Gasteiger partial charge < -0.3 is 9.47 Å². The number of carbonyl (C=O) groups is 1. The first-order chi connectivity index (χ1) is 9.26. The summed E-state index contributed by atoms with van der Waals surface area (Å²) < 4.78 is 25.2. The van der Waals surface area contributed by atoms with Gasteiger partial charge in [-0.1, -0.05) is 0 Å². The number of aryl methyl sites for hydroxylation is 1. The molecule has 20 heavy (non-hydrogen) atoms. The second-order valence-corrected chi connectivity index (χ2v) is 7.73. The van der Waals surface area contributed by atoms with Crippen LogP contribution in [0.4, 0.5) is 0 Å². The highest BCUT2D eigenvalue weighted by molar-refractivity contribution is 7.91. The molecule has 0 aromatic carbocycles. The van der Waals surface area contributed by atoms with Crippen LogP contribution in [0.15, 0.2) is 6.07 Å². The third-order valence-corrected chi connectivity index (χ3v) is 5.95. The minimum Gasteiger partial charge on any atom is -0.349 e. The lowest BCUT2D eigenvalue weighted by molar-refractivity contribution is 0.0747. The summed E-state index contributed by atoms with van der Waals surface area (Å²) >= 11 is 0. The third kappa shape index (κ3) is 2.61. The van der Waals surface area contributed by atoms with E-state index in [1.165, 1.54) is 0 Å². The topological polar surface area (TPSA) is 59.4 Å². The molecule has 0 unspecified atom stereocenters. The zero-order valence-electron chi connectivity index (χ0n) is 12.5. The van der Waals surface area contributed by atoms with Crippen LogP contribution in [-0.2, 0) is 16.4 Å². The highest BCUT2D eigenvalue weighted by Gasteiger charge is 2.33. The van der Waals surface area contributed by atoms with Crippen LogP contribution in [0.2, 0.25) is 0 Å². The van der Waals surface area contributed by atoms with Crippen LogP contribution in [0.25, 0.3) is 0 Å². The van der Waals surface area contributed by atoms with Gasteiger partial charge in [0, 0.05) is 31.0 Å². The molecule has 1 aliphatic heterocycles. The fourth-order valence-corrected chi connectivity index (χ4v) is 4.72. The lowest BCUT2D eigenvalue weighted by atomic mass is 10.1. The Morgan fingerprint density at radius 2 is 2.10 bits per heavy atom. The fraction of sp³-hybridized carbons (Fsp3) is 0.643. The van der Waals surface area contributed by atoms with Gasteiger partial charge in [-0.25, -0.2) is 8.42 Å². The second kappa shape index (κ2) is 5.24. The maximum atomic E-state index is 12.6. The summed E-state index contributed by atoms with van der Waals surface area (Å²) in [7, 11) is -1.27. The molecule has 0 radical (unpaired) electrons. The molecule has 1 aliphatic rings. The van der Waals surface area contributed by atoms with Crippen molar-refractivity contribution in [2.45, 2.75) is 39.8 Å². The zero-order valence-corrected chi connectivity index (χ0v) is 13.3. The average molecular weight is 298 g/mol. The van der Waals surface area contributed by atoms with Gasteiger partial charge in [-0.15, -0.1) is 0 Å². The molecule has 0 saturated carbocycles. The van der Waals surface area contributed by atoms with Crippen LogP contribution in [-0.4, -0.2) is 48.4 Å². The van der Waals surface area contributed by atoms with Crippen LogP contribution in [0.1, 0.15) is 35.1 Å². The molecule has 6 heteroatoms. The molecule has 2 heterocycles. The number of carbonyl (C=O) groups excluding carboxylic acids is 1. The summed E-state index contributed by atoms with van der Waals surface area (Å²) in [5.41, 5.74) is 2.68. The lowest BCUT2D eigenvalue weighted by Gasteiger charge is -2.23. The maximum absolute atomic E-state index is 12.6. The molecule has 0 spiro atoms. The minimum atomic E-state index is -2.97. The molecule has 0 aliphatic carbocycles. The maximum Gasteiger partial charge on any atom is 0.255 e. The van der Waals surface area contributed by atoms with Crippen molar-refractivity contribution in [3.05, 3.63) is 23.0 Å². The Kier molecular flexibility index (Phi) is 3.95. The highest BCUT2D eigenvalue weighted by Crippen LogP contribution is 2.21. The van der Waals surface area contributed by atoms with Gasteiger partial charge in [0.15, 0.2) is 9.84 Å². The smallest absolute Gasteiger partial charge is 0.255 e. The molecule has 112 valence electrons. The summed E-state index contributed by atoms with van der Waals surface area (Å²) in [6.45, 7) is 6.78. The van der Waals surface area contributed by atoms with Gasteiger partial charge in [0.25, 0.3) is 5.91 Å². The van der Waals surface area contributed by atoms with Crippen molar-refractivity contribution in [3.8, 4) is 0 Å². The third-order valence-electron chi connectivity index (χ3n) is 4.20. The Morgan fingerprint density at radius 3 is 2.55 bits per heavy atom. The fourth-order valence-electron chi connectivity index (χ4n) is 2.94. The number of rotatable bonds is 3. The largest absolute Gasteiger partial charge is 0.349 e. The zero-order chi connectivity index (χ0) is 15.1. The van der Waals surface area contributed by atoms with E-state index in [1.807, 2.05) is 26.8 Å². The van der Waals surface area contributed by atoms with Crippen LogP contribution in [0.3, 0.4) is 0 Å². The summed E-state index contributed by atoms with van der Waals surface area (Å²) in [4.78, 5) is 14.2. The highest BCUT2D eigenvalue weighted by atomic mass is 32.2. The SMILES string of the molecule is CCn1c(C)cc(C(=O)N(C)[C@H]2CCS(=O)(=O)C2)c1C. The molecular weight excluding hydrogens is 276 g/mol. The Balaban J connectivity index is 2.24. The van der Waals surface area contributed by atoms with E-state index in [1.54, 1.807) is 11.9 Å².